The SMILES string of the molecule is Cc1cc(-c2cc(S(C)(=O)=O)ccc2OCC2CC2)cn(CC2COC2)c1=O. The third-order valence-electron chi connectivity index (χ3n) is 5.29. The minimum atomic E-state index is -3.35. The Kier molecular flexibility index (Phi) is 5.05. The normalized spacial score (nSPS) is 17.4. The molecule has 2 aromatic rings. The molecule has 1 aromatic heterocycles. The number of nitrogens with zero attached hydrogens (tertiary/aromatic N) is 1. The summed E-state index contributed by atoms with van der Waals surface area (Å²) in [5.41, 5.74) is 2.07. The van der Waals surface area contributed by atoms with Crippen molar-refractivity contribution in [1.82, 2.24) is 4.57 Å². The Morgan fingerprint density at radius 2 is 1.93 bits per heavy atom. The van der Waals surface area contributed by atoms with Gasteiger partial charge in [-0.15, -0.1) is 0 Å². The quantitative estimate of drug-likeness (QED) is 0.711. The van der Waals surface area contributed by atoms with E-state index < -0.39 is 9.84 Å². The van der Waals surface area contributed by atoms with E-state index in [1.54, 1.807) is 35.9 Å². The summed E-state index contributed by atoms with van der Waals surface area (Å²) in [6.07, 6.45) is 5.34. The largest absolute Gasteiger partial charge is 0.493 e. The fourth-order valence-corrected chi connectivity index (χ4v) is 3.97. The number of rotatable bonds is 7. The van der Waals surface area contributed by atoms with Crippen molar-refractivity contribution >= 4 is 9.84 Å². The van der Waals surface area contributed by atoms with Gasteiger partial charge in [-0.1, -0.05) is 0 Å². The van der Waals surface area contributed by atoms with Crippen molar-refractivity contribution in [1.29, 1.82) is 0 Å². The lowest BCUT2D eigenvalue weighted by molar-refractivity contribution is -0.0398. The number of hydrogen-bond acceptors (Lipinski definition) is 5. The highest BCUT2D eigenvalue weighted by Crippen LogP contribution is 2.35. The number of aryl methyl sites for hydroxylation is 1. The molecule has 0 unspecified atom stereocenters. The van der Waals surface area contributed by atoms with E-state index >= 15 is 0 Å². The molecule has 6 nitrogen and oxygen atoms in total. The van der Waals surface area contributed by atoms with Crippen LogP contribution in [0.3, 0.4) is 0 Å². The molecule has 150 valence electrons. The van der Waals surface area contributed by atoms with Crippen molar-refractivity contribution in [2.45, 2.75) is 31.2 Å². The molecule has 4 rings (SSSR count). The zero-order valence-corrected chi connectivity index (χ0v) is 17.0. The van der Waals surface area contributed by atoms with Crippen LogP contribution < -0.4 is 10.3 Å². The van der Waals surface area contributed by atoms with Crippen LogP contribution in [-0.2, 0) is 21.1 Å². The molecule has 1 aliphatic carbocycles. The van der Waals surface area contributed by atoms with Gasteiger partial charge in [0.25, 0.3) is 5.56 Å². The van der Waals surface area contributed by atoms with Crippen LogP contribution in [0.25, 0.3) is 11.1 Å². The maximum atomic E-state index is 12.6. The van der Waals surface area contributed by atoms with Gasteiger partial charge >= 0.3 is 0 Å². The first-order valence-corrected chi connectivity index (χ1v) is 11.5. The Labute approximate surface area is 165 Å². The van der Waals surface area contributed by atoms with Crippen molar-refractivity contribution in [2.75, 3.05) is 26.1 Å². The van der Waals surface area contributed by atoms with Crippen molar-refractivity contribution in [2.24, 2.45) is 11.8 Å². The molecule has 1 saturated carbocycles. The van der Waals surface area contributed by atoms with Crippen LogP contribution in [0.4, 0.5) is 0 Å². The van der Waals surface area contributed by atoms with Gasteiger partial charge in [0.1, 0.15) is 5.75 Å². The van der Waals surface area contributed by atoms with Gasteiger partial charge in [0, 0.05) is 41.6 Å². The molecule has 0 N–H and O–H groups in total. The molecule has 1 aliphatic heterocycles. The van der Waals surface area contributed by atoms with Crippen LogP contribution in [0.1, 0.15) is 18.4 Å². The molecule has 28 heavy (non-hydrogen) atoms. The third-order valence-corrected chi connectivity index (χ3v) is 6.40. The highest BCUT2D eigenvalue weighted by Gasteiger charge is 2.24. The fraction of sp³-hybridized carbons (Fsp3) is 0.476. The fourth-order valence-electron chi connectivity index (χ4n) is 3.32. The second-order valence-corrected chi connectivity index (χ2v) is 9.97. The minimum absolute atomic E-state index is 0.0321. The van der Waals surface area contributed by atoms with E-state index in [2.05, 4.69) is 0 Å². The van der Waals surface area contributed by atoms with Crippen molar-refractivity contribution in [3.8, 4) is 16.9 Å². The Morgan fingerprint density at radius 1 is 1.18 bits per heavy atom. The lowest BCUT2D eigenvalue weighted by Gasteiger charge is -2.27. The maximum absolute atomic E-state index is 12.6. The number of hydrogen-bond donors (Lipinski definition) is 0. The zero-order chi connectivity index (χ0) is 19.9. The van der Waals surface area contributed by atoms with Crippen LogP contribution in [0.15, 0.2) is 40.2 Å². The zero-order valence-electron chi connectivity index (χ0n) is 16.2. The van der Waals surface area contributed by atoms with E-state index in [9.17, 15) is 13.2 Å². The van der Waals surface area contributed by atoms with Gasteiger partial charge in [-0.2, -0.15) is 0 Å². The van der Waals surface area contributed by atoms with E-state index in [0.29, 0.717) is 55.1 Å². The second kappa shape index (κ2) is 7.37. The van der Waals surface area contributed by atoms with Crippen LogP contribution >= 0.6 is 0 Å². The van der Waals surface area contributed by atoms with Gasteiger partial charge in [-0.25, -0.2) is 8.42 Å². The average molecular weight is 404 g/mol. The van der Waals surface area contributed by atoms with E-state index in [-0.39, 0.29) is 10.5 Å². The van der Waals surface area contributed by atoms with Gasteiger partial charge in [-0.05, 0) is 49.9 Å². The Hall–Kier alpha value is -2.12. The highest BCUT2D eigenvalue weighted by molar-refractivity contribution is 7.90. The molecular formula is C21H25NO5S. The molecule has 0 spiro atoms. The molecule has 0 amide bonds. The first-order valence-electron chi connectivity index (χ1n) is 9.57. The molecule has 0 radical (unpaired) electrons. The van der Waals surface area contributed by atoms with Crippen LogP contribution in [0.5, 0.6) is 5.75 Å². The summed E-state index contributed by atoms with van der Waals surface area (Å²) in [6.45, 7) is 4.33. The standard InChI is InChI=1S/C21H25NO5S/c1-14-7-17(10-22(21(14)23)9-16-11-26-12-16)19-8-18(28(2,24)25)5-6-20(19)27-13-15-3-4-15/h5-8,10,15-16H,3-4,9,11-13H2,1-2H3. The van der Waals surface area contributed by atoms with Crippen molar-refractivity contribution in [3.05, 3.63) is 46.4 Å². The monoisotopic (exact) mass is 403 g/mol. The van der Waals surface area contributed by atoms with Crippen molar-refractivity contribution < 1.29 is 17.9 Å². The molecule has 0 atom stereocenters. The van der Waals surface area contributed by atoms with E-state index in [4.69, 9.17) is 9.47 Å². The Bertz CT molecular complexity index is 1050. The van der Waals surface area contributed by atoms with E-state index in [1.807, 2.05) is 6.07 Å². The Balaban J connectivity index is 1.77. The number of benzene rings is 1. The van der Waals surface area contributed by atoms with Gasteiger partial charge < -0.3 is 14.0 Å². The second-order valence-electron chi connectivity index (χ2n) is 7.96. The van der Waals surface area contributed by atoms with E-state index in [0.717, 1.165) is 5.56 Å². The van der Waals surface area contributed by atoms with Gasteiger partial charge in [0.05, 0.1) is 24.7 Å². The average Bonchev–Trinajstić information content (AvgIpc) is 3.43. The molecule has 2 heterocycles. The van der Waals surface area contributed by atoms with Crippen LogP contribution in [0, 0.1) is 18.8 Å². The molecule has 2 aliphatic rings. The molecule has 2 fully saturated rings. The summed E-state index contributed by atoms with van der Waals surface area (Å²) in [5, 5.41) is 0. The smallest absolute Gasteiger partial charge is 0.253 e. The summed E-state index contributed by atoms with van der Waals surface area (Å²) in [6, 6.07) is 6.75. The first kappa shape index (κ1) is 19.2. The van der Waals surface area contributed by atoms with Gasteiger partial charge in [0.2, 0.25) is 0 Å². The molecule has 0 bridgehead atoms. The van der Waals surface area contributed by atoms with E-state index in [1.165, 1.54) is 19.1 Å². The number of ether oxygens (including phenoxy) is 2. The van der Waals surface area contributed by atoms with Crippen LogP contribution in [0.2, 0.25) is 0 Å². The summed E-state index contributed by atoms with van der Waals surface area (Å²) in [4.78, 5) is 12.8. The van der Waals surface area contributed by atoms with Crippen LogP contribution in [-0.4, -0.2) is 39.1 Å². The lowest BCUT2D eigenvalue weighted by atomic mass is 10.0. The predicted octanol–water partition coefficient (Wildman–Crippen LogP) is 2.66. The topological polar surface area (TPSA) is 74.6 Å². The number of sulfone groups is 1. The van der Waals surface area contributed by atoms with Gasteiger partial charge in [0.15, 0.2) is 9.84 Å². The molecule has 1 saturated heterocycles. The molecule has 1 aromatic carbocycles. The number of aromatic nitrogens is 1. The molecule has 7 heteroatoms. The van der Waals surface area contributed by atoms with Crippen molar-refractivity contribution in [3.63, 3.8) is 0 Å². The maximum Gasteiger partial charge on any atom is 0.253 e. The number of pyridine rings is 1. The molecular weight excluding hydrogens is 378 g/mol. The lowest BCUT2D eigenvalue weighted by Crippen LogP contribution is -2.35. The third kappa shape index (κ3) is 4.15. The Morgan fingerprint density at radius 3 is 2.54 bits per heavy atom. The minimum Gasteiger partial charge on any atom is -0.493 e. The summed E-state index contributed by atoms with van der Waals surface area (Å²) < 4.78 is 37.1. The predicted molar refractivity (Wildman–Crippen MR) is 107 cm³/mol. The van der Waals surface area contributed by atoms with Gasteiger partial charge in [-0.3, -0.25) is 4.79 Å². The highest BCUT2D eigenvalue weighted by atomic mass is 32.2. The summed E-state index contributed by atoms with van der Waals surface area (Å²) in [5.74, 6) is 1.56. The summed E-state index contributed by atoms with van der Waals surface area (Å²) in [7, 11) is -3.35. The summed E-state index contributed by atoms with van der Waals surface area (Å²) >= 11 is 0. The first-order chi connectivity index (χ1) is 13.3.